The van der Waals surface area contributed by atoms with Crippen molar-refractivity contribution in [3.05, 3.63) is 46.0 Å². The normalized spacial score (nSPS) is 19.8. The van der Waals surface area contributed by atoms with Gasteiger partial charge < -0.3 is 5.73 Å². The van der Waals surface area contributed by atoms with Crippen molar-refractivity contribution in [2.75, 3.05) is 19.6 Å². The van der Waals surface area contributed by atoms with Gasteiger partial charge in [-0.1, -0.05) is 6.07 Å². The first-order chi connectivity index (χ1) is 9.65. The number of aromatic nitrogens is 2. The van der Waals surface area contributed by atoms with Crippen LogP contribution in [0.4, 0.5) is 0 Å². The molecule has 0 radical (unpaired) electrons. The van der Waals surface area contributed by atoms with Gasteiger partial charge in [-0.25, -0.2) is 4.98 Å². The zero-order valence-electron chi connectivity index (χ0n) is 11.7. The lowest BCUT2D eigenvalue weighted by atomic mass is 10.1. The van der Waals surface area contributed by atoms with Gasteiger partial charge in [-0.2, -0.15) is 0 Å². The molecule has 1 fully saturated rings. The molecule has 106 valence electrons. The van der Waals surface area contributed by atoms with Gasteiger partial charge in [-0.15, -0.1) is 0 Å². The van der Waals surface area contributed by atoms with Gasteiger partial charge in [0.25, 0.3) is 5.56 Å². The summed E-state index contributed by atoms with van der Waals surface area (Å²) in [5, 5.41) is 0. The van der Waals surface area contributed by atoms with Crippen molar-refractivity contribution in [1.29, 1.82) is 0 Å². The largest absolute Gasteiger partial charge is 0.330 e. The summed E-state index contributed by atoms with van der Waals surface area (Å²) >= 11 is 0. The van der Waals surface area contributed by atoms with E-state index in [2.05, 4.69) is 9.88 Å². The fourth-order valence-electron chi connectivity index (χ4n) is 2.82. The molecule has 2 aromatic rings. The van der Waals surface area contributed by atoms with Gasteiger partial charge in [0.05, 0.1) is 5.69 Å². The summed E-state index contributed by atoms with van der Waals surface area (Å²) in [5.74, 6) is 0.583. The van der Waals surface area contributed by atoms with Crippen LogP contribution in [0.5, 0.6) is 0 Å². The Labute approximate surface area is 118 Å². The van der Waals surface area contributed by atoms with Crippen LogP contribution in [0.3, 0.4) is 0 Å². The van der Waals surface area contributed by atoms with E-state index in [0.29, 0.717) is 11.6 Å². The van der Waals surface area contributed by atoms with Crippen molar-refractivity contribution in [2.24, 2.45) is 11.7 Å². The van der Waals surface area contributed by atoms with Crippen molar-refractivity contribution in [2.45, 2.75) is 19.9 Å². The SMILES string of the molecule is Cc1ccc2nc(CN3CCC(CN)C3)cc(=O)n2c1. The fraction of sp³-hybridized carbons (Fsp3) is 0.467. The number of pyridine rings is 1. The van der Waals surface area contributed by atoms with Gasteiger partial charge in [0.1, 0.15) is 5.65 Å². The van der Waals surface area contributed by atoms with E-state index in [1.165, 1.54) is 0 Å². The lowest BCUT2D eigenvalue weighted by molar-refractivity contribution is 0.314. The third-order valence-electron chi connectivity index (χ3n) is 3.95. The van der Waals surface area contributed by atoms with Gasteiger partial charge in [-0.05, 0) is 44.0 Å². The number of likely N-dealkylation sites (tertiary alicyclic amines) is 1. The molecule has 1 atom stereocenters. The molecule has 1 saturated heterocycles. The van der Waals surface area contributed by atoms with Gasteiger partial charge in [-0.3, -0.25) is 14.1 Å². The highest BCUT2D eigenvalue weighted by atomic mass is 16.1. The number of nitrogens with two attached hydrogens (primary N) is 1. The minimum absolute atomic E-state index is 0.0109. The molecule has 0 amide bonds. The Morgan fingerprint density at radius 3 is 3.05 bits per heavy atom. The molecule has 0 bridgehead atoms. The summed E-state index contributed by atoms with van der Waals surface area (Å²) in [7, 11) is 0. The topological polar surface area (TPSA) is 63.6 Å². The van der Waals surface area contributed by atoms with Gasteiger partial charge >= 0.3 is 0 Å². The van der Waals surface area contributed by atoms with Crippen molar-refractivity contribution in [3.63, 3.8) is 0 Å². The van der Waals surface area contributed by atoms with Crippen molar-refractivity contribution in [1.82, 2.24) is 14.3 Å². The lowest BCUT2D eigenvalue weighted by Crippen LogP contribution is -2.25. The second-order valence-corrected chi connectivity index (χ2v) is 5.65. The third kappa shape index (κ3) is 2.59. The maximum Gasteiger partial charge on any atom is 0.258 e. The summed E-state index contributed by atoms with van der Waals surface area (Å²) in [6, 6.07) is 5.51. The molecule has 0 aromatic carbocycles. The molecule has 0 saturated carbocycles. The molecule has 0 spiro atoms. The Bertz CT molecular complexity index is 679. The number of aryl methyl sites for hydroxylation is 1. The first-order valence-electron chi connectivity index (χ1n) is 7.07. The third-order valence-corrected chi connectivity index (χ3v) is 3.95. The smallest absolute Gasteiger partial charge is 0.258 e. The summed E-state index contributed by atoms with van der Waals surface area (Å²) in [6.07, 6.45) is 2.97. The molecule has 3 heterocycles. The molecule has 5 heteroatoms. The zero-order valence-corrected chi connectivity index (χ0v) is 11.7. The second kappa shape index (κ2) is 5.34. The minimum atomic E-state index is -0.0109. The molecular weight excluding hydrogens is 252 g/mol. The highest BCUT2D eigenvalue weighted by Gasteiger charge is 2.21. The van der Waals surface area contributed by atoms with E-state index in [-0.39, 0.29) is 5.56 Å². The summed E-state index contributed by atoms with van der Waals surface area (Å²) < 4.78 is 1.60. The van der Waals surface area contributed by atoms with Crippen molar-refractivity contribution >= 4 is 5.65 Å². The average Bonchev–Trinajstić information content (AvgIpc) is 2.87. The van der Waals surface area contributed by atoms with E-state index in [1.807, 2.05) is 25.3 Å². The van der Waals surface area contributed by atoms with Crippen LogP contribution >= 0.6 is 0 Å². The molecule has 1 aliphatic heterocycles. The van der Waals surface area contributed by atoms with Gasteiger partial charge in [0.2, 0.25) is 0 Å². The number of hydrogen-bond acceptors (Lipinski definition) is 4. The van der Waals surface area contributed by atoms with E-state index in [4.69, 9.17) is 5.73 Å². The molecule has 5 nitrogen and oxygen atoms in total. The molecule has 3 rings (SSSR count). The van der Waals surface area contributed by atoms with E-state index < -0.39 is 0 Å². The Morgan fingerprint density at radius 1 is 1.45 bits per heavy atom. The standard InChI is InChI=1S/C15H20N4O/c1-11-2-3-14-17-13(6-15(20)19(14)8-11)10-18-5-4-12(7-16)9-18/h2-3,6,8,12H,4-5,7,9-10,16H2,1H3. The van der Waals surface area contributed by atoms with E-state index in [0.717, 1.165) is 43.9 Å². The number of nitrogens with zero attached hydrogens (tertiary/aromatic N) is 3. The number of rotatable bonds is 3. The highest BCUT2D eigenvalue weighted by molar-refractivity contribution is 5.39. The van der Waals surface area contributed by atoms with Crippen LogP contribution in [-0.4, -0.2) is 33.9 Å². The van der Waals surface area contributed by atoms with Gasteiger partial charge in [0, 0.05) is 25.4 Å². The summed E-state index contributed by atoms with van der Waals surface area (Å²) in [6.45, 7) is 5.49. The zero-order chi connectivity index (χ0) is 14.1. The van der Waals surface area contributed by atoms with E-state index in [9.17, 15) is 4.79 Å². The van der Waals surface area contributed by atoms with Crippen LogP contribution in [0.2, 0.25) is 0 Å². The molecular formula is C15H20N4O. The molecule has 1 unspecified atom stereocenters. The summed E-state index contributed by atoms with van der Waals surface area (Å²) in [5.41, 5.74) is 8.31. The van der Waals surface area contributed by atoms with Gasteiger partial charge in [0.15, 0.2) is 0 Å². The Morgan fingerprint density at radius 2 is 2.30 bits per heavy atom. The molecule has 2 N–H and O–H groups in total. The molecule has 1 aliphatic rings. The van der Waals surface area contributed by atoms with E-state index >= 15 is 0 Å². The first-order valence-corrected chi connectivity index (χ1v) is 7.07. The maximum absolute atomic E-state index is 12.1. The predicted octanol–water partition coefficient (Wildman–Crippen LogP) is 0.784. The monoisotopic (exact) mass is 272 g/mol. The fourth-order valence-corrected chi connectivity index (χ4v) is 2.82. The van der Waals surface area contributed by atoms with Crippen molar-refractivity contribution < 1.29 is 0 Å². The average molecular weight is 272 g/mol. The van der Waals surface area contributed by atoms with Crippen LogP contribution in [0.25, 0.3) is 5.65 Å². The molecule has 2 aromatic heterocycles. The summed E-state index contributed by atoms with van der Waals surface area (Å²) in [4.78, 5) is 19.0. The second-order valence-electron chi connectivity index (χ2n) is 5.65. The number of hydrogen-bond donors (Lipinski definition) is 1. The highest BCUT2D eigenvalue weighted by Crippen LogP contribution is 2.16. The molecule has 0 aliphatic carbocycles. The van der Waals surface area contributed by atoms with Crippen LogP contribution in [0.1, 0.15) is 17.7 Å². The lowest BCUT2D eigenvalue weighted by Gasteiger charge is -2.15. The maximum atomic E-state index is 12.1. The Hall–Kier alpha value is -1.72. The van der Waals surface area contributed by atoms with Crippen LogP contribution < -0.4 is 11.3 Å². The predicted molar refractivity (Wildman–Crippen MR) is 78.6 cm³/mol. The van der Waals surface area contributed by atoms with E-state index in [1.54, 1.807) is 10.5 Å². The van der Waals surface area contributed by atoms with Crippen LogP contribution in [0, 0.1) is 12.8 Å². The Balaban J connectivity index is 1.86. The van der Waals surface area contributed by atoms with Crippen LogP contribution in [0.15, 0.2) is 29.2 Å². The molecule has 20 heavy (non-hydrogen) atoms. The van der Waals surface area contributed by atoms with Crippen molar-refractivity contribution in [3.8, 4) is 0 Å². The minimum Gasteiger partial charge on any atom is -0.330 e. The quantitative estimate of drug-likeness (QED) is 0.897. The Kier molecular flexibility index (Phi) is 3.54. The van der Waals surface area contributed by atoms with Crippen LogP contribution in [-0.2, 0) is 6.54 Å². The number of fused-ring (bicyclic) bond motifs is 1. The first kappa shape index (κ1) is 13.3.